The number of aliphatic carboxylic acids is 1. The number of carboxylic acids is 1. The summed E-state index contributed by atoms with van der Waals surface area (Å²) in [5.74, 6) is 0.0624. The molecule has 0 heterocycles. The normalized spacial score (nSPS) is 22.4. The van der Waals surface area contributed by atoms with Gasteiger partial charge < -0.3 is 5.11 Å². The molecule has 2 rings (SSSR count). The van der Waals surface area contributed by atoms with Gasteiger partial charge in [-0.15, -0.1) is 23.5 Å². The smallest absolute Gasteiger partial charge is 0.313 e. The van der Waals surface area contributed by atoms with Crippen molar-refractivity contribution >= 4 is 29.5 Å². The second-order valence-corrected chi connectivity index (χ2v) is 8.39. The molecule has 0 amide bonds. The summed E-state index contributed by atoms with van der Waals surface area (Å²) >= 11 is 3.59. The van der Waals surface area contributed by atoms with E-state index in [0.717, 1.165) is 6.42 Å². The molecule has 0 saturated heterocycles. The molecule has 2 atom stereocenters. The number of carboxylic acid groups (broad SMARTS) is 1. The van der Waals surface area contributed by atoms with Gasteiger partial charge in [-0.05, 0) is 30.4 Å². The van der Waals surface area contributed by atoms with E-state index in [0.29, 0.717) is 16.4 Å². The predicted octanol–water partition coefficient (Wildman–Crippen LogP) is 5.03. The van der Waals surface area contributed by atoms with Crippen LogP contribution in [-0.2, 0) is 4.79 Å². The van der Waals surface area contributed by atoms with Crippen LogP contribution in [0.5, 0.6) is 0 Å². The second-order valence-electron chi connectivity index (χ2n) is 5.88. The highest BCUT2D eigenvalue weighted by atomic mass is 32.2. The summed E-state index contributed by atoms with van der Waals surface area (Å²) in [6, 6.07) is 8.65. The van der Waals surface area contributed by atoms with Crippen LogP contribution >= 0.6 is 23.5 Å². The zero-order valence-electron chi connectivity index (χ0n) is 12.7. The van der Waals surface area contributed by atoms with Crippen molar-refractivity contribution in [1.82, 2.24) is 0 Å². The molecule has 0 aliphatic heterocycles. The summed E-state index contributed by atoms with van der Waals surface area (Å²) in [7, 11) is 0. The Morgan fingerprint density at radius 2 is 1.90 bits per heavy atom. The lowest BCUT2D eigenvalue weighted by atomic mass is 10.00. The van der Waals surface area contributed by atoms with E-state index in [1.54, 1.807) is 11.8 Å². The summed E-state index contributed by atoms with van der Waals surface area (Å²) in [6.07, 6.45) is 4.86. The van der Waals surface area contributed by atoms with Crippen LogP contribution in [0.4, 0.5) is 0 Å². The Balaban J connectivity index is 2.06. The third kappa shape index (κ3) is 4.96. The summed E-state index contributed by atoms with van der Waals surface area (Å²) in [6.45, 7) is 4.47. The zero-order valence-corrected chi connectivity index (χ0v) is 14.4. The van der Waals surface area contributed by atoms with E-state index < -0.39 is 5.97 Å². The molecule has 0 spiro atoms. The van der Waals surface area contributed by atoms with Crippen LogP contribution in [0.3, 0.4) is 0 Å². The van der Waals surface area contributed by atoms with Crippen molar-refractivity contribution in [3.05, 3.63) is 29.8 Å². The minimum atomic E-state index is -0.697. The van der Waals surface area contributed by atoms with E-state index in [-0.39, 0.29) is 5.75 Å². The van der Waals surface area contributed by atoms with Crippen molar-refractivity contribution in [2.24, 2.45) is 0 Å². The quantitative estimate of drug-likeness (QED) is 0.796. The topological polar surface area (TPSA) is 37.3 Å². The lowest BCUT2D eigenvalue weighted by Crippen LogP contribution is -2.25. The fourth-order valence-electron chi connectivity index (χ4n) is 2.79. The Hall–Kier alpha value is -0.610. The first-order valence-corrected chi connectivity index (χ1v) is 9.59. The average molecular weight is 325 g/mol. The summed E-state index contributed by atoms with van der Waals surface area (Å²) < 4.78 is 0. The van der Waals surface area contributed by atoms with Gasteiger partial charge in [0.15, 0.2) is 0 Å². The molecule has 0 bridgehead atoms. The fourth-order valence-corrected chi connectivity index (χ4v) is 5.73. The van der Waals surface area contributed by atoms with Crippen molar-refractivity contribution in [3.63, 3.8) is 0 Å². The number of hydrogen-bond acceptors (Lipinski definition) is 3. The molecule has 0 aromatic heterocycles. The first-order chi connectivity index (χ1) is 10.1. The molecule has 2 unspecified atom stereocenters. The molecule has 4 heteroatoms. The maximum absolute atomic E-state index is 10.8. The number of thioether (sulfide) groups is 2. The highest BCUT2D eigenvalue weighted by Crippen LogP contribution is 2.41. The van der Waals surface area contributed by atoms with Crippen LogP contribution in [0.25, 0.3) is 0 Å². The van der Waals surface area contributed by atoms with Crippen molar-refractivity contribution in [2.75, 3.05) is 5.75 Å². The molecule has 1 aliphatic rings. The number of hydrogen-bond donors (Lipinski definition) is 1. The van der Waals surface area contributed by atoms with Crippen LogP contribution in [0.15, 0.2) is 29.2 Å². The highest BCUT2D eigenvalue weighted by molar-refractivity contribution is 8.04. The van der Waals surface area contributed by atoms with E-state index >= 15 is 0 Å². The maximum Gasteiger partial charge on any atom is 0.313 e. The van der Waals surface area contributed by atoms with Gasteiger partial charge in [-0.2, -0.15) is 0 Å². The molecule has 1 fully saturated rings. The van der Waals surface area contributed by atoms with Crippen molar-refractivity contribution in [2.45, 2.75) is 60.8 Å². The maximum atomic E-state index is 10.8. The van der Waals surface area contributed by atoms with Crippen LogP contribution in [0, 0.1) is 0 Å². The van der Waals surface area contributed by atoms with E-state index in [9.17, 15) is 4.79 Å². The van der Waals surface area contributed by atoms with Gasteiger partial charge in [0.05, 0.1) is 5.75 Å². The van der Waals surface area contributed by atoms with Crippen LogP contribution < -0.4 is 0 Å². The van der Waals surface area contributed by atoms with Gasteiger partial charge >= 0.3 is 5.97 Å². The van der Waals surface area contributed by atoms with Gasteiger partial charge in [0.25, 0.3) is 0 Å². The van der Waals surface area contributed by atoms with Crippen LogP contribution in [-0.4, -0.2) is 27.3 Å². The van der Waals surface area contributed by atoms with E-state index in [1.807, 2.05) is 11.8 Å². The van der Waals surface area contributed by atoms with Crippen LogP contribution in [0.2, 0.25) is 0 Å². The number of benzene rings is 1. The summed E-state index contributed by atoms with van der Waals surface area (Å²) in [5.41, 5.74) is 1.41. The molecule has 1 aliphatic carbocycles. The van der Waals surface area contributed by atoms with Gasteiger partial charge in [-0.3, -0.25) is 4.79 Å². The third-order valence-electron chi connectivity index (χ3n) is 3.88. The molecule has 1 N–H and O–H groups in total. The van der Waals surface area contributed by atoms with E-state index in [2.05, 4.69) is 38.1 Å². The first-order valence-electron chi connectivity index (χ1n) is 7.67. The van der Waals surface area contributed by atoms with Gasteiger partial charge in [-0.1, -0.05) is 44.9 Å². The second kappa shape index (κ2) is 8.14. The Kier molecular flexibility index (Phi) is 6.49. The minimum Gasteiger partial charge on any atom is -0.481 e. The summed E-state index contributed by atoms with van der Waals surface area (Å²) in [4.78, 5) is 12.2. The molecular weight excluding hydrogens is 300 g/mol. The molecule has 21 heavy (non-hydrogen) atoms. The number of carbonyl (C=O) groups is 1. The van der Waals surface area contributed by atoms with E-state index in [1.165, 1.54) is 29.7 Å². The molecule has 2 nitrogen and oxygen atoms in total. The molecule has 116 valence electrons. The van der Waals surface area contributed by atoms with Gasteiger partial charge in [0, 0.05) is 15.4 Å². The average Bonchev–Trinajstić information content (AvgIpc) is 2.46. The van der Waals surface area contributed by atoms with Gasteiger partial charge in [0.1, 0.15) is 0 Å². The molecule has 1 aromatic carbocycles. The van der Waals surface area contributed by atoms with Crippen molar-refractivity contribution in [3.8, 4) is 0 Å². The monoisotopic (exact) mass is 324 g/mol. The van der Waals surface area contributed by atoms with Crippen molar-refractivity contribution < 1.29 is 9.90 Å². The zero-order chi connectivity index (χ0) is 15.2. The lowest BCUT2D eigenvalue weighted by molar-refractivity contribution is -0.133. The Labute approximate surface area is 136 Å². The van der Waals surface area contributed by atoms with Gasteiger partial charge in [0.2, 0.25) is 0 Å². The molecule has 1 aromatic rings. The summed E-state index contributed by atoms with van der Waals surface area (Å²) in [5, 5.41) is 9.93. The third-order valence-corrected chi connectivity index (χ3v) is 6.95. The molecular formula is C17H24O2S2. The predicted molar refractivity (Wildman–Crippen MR) is 92.5 cm³/mol. The molecule has 1 saturated carbocycles. The Morgan fingerprint density at radius 3 is 2.57 bits per heavy atom. The highest BCUT2D eigenvalue weighted by Gasteiger charge is 2.27. The SMILES string of the molecule is CC(C)c1ccccc1SC1CCCCC1SCC(=O)O. The van der Waals surface area contributed by atoms with Crippen molar-refractivity contribution in [1.29, 1.82) is 0 Å². The Morgan fingerprint density at radius 1 is 1.24 bits per heavy atom. The minimum absolute atomic E-state index is 0.230. The van der Waals surface area contributed by atoms with E-state index in [4.69, 9.17) is 5.11 Å². The largest absolute Gasteiger partial charge is 0.481 e. The molecule has 0 radical (unpaired) electrons. The van der Waals surface area contributed by atoms with Crippen LogP contribution in [0.1, 0.15) is 51.0 Å². The standard InChI is InChI=1S/C17H24O2S2/c1-12(2)13-7-3-4-8-14(13)21-16-10-6-5-9-15(16)20-11-17(18)19/h3-4,7-8,12,15-16H,5-6,9-11H2,1-2H3,(H,18,19). The van der Waals surface area contributed by atoms with Gasteiger partial charge in [-0.25, -0.2) is 0 Å². The Bertz CT molecular complexity index is 474. The first kappa shape index (κ1) is 16.8. The number of rotatable bonds is 6. The lowest BCUT2D eigenvalue weighted by Gasteiger charge is -2.31. The fraction of sp³-hybridized carbons (Fsp3) is 0.588.